The van der Waals surface area contributed by atoms with Crippen molar-refractivity contribution in [2.45, 2.75) is 45.3 Å². The molecule has 1 heterocycles. The van der Waals surface area contributed by atoms with Crippen LogP contribution in [0.4, 0.5) is 4.79 Å². The molecule has 0 aliphatic carbocycles. The Morgan fingerprint density at radius 1 is 1.40 bits per heavy atom. The van der Waals surface area contributed by atoms with Gasteiger partial charge in [0.25, 0.3) is 0 Å². The Labute approximate surface area is 120 Å². The van der Waals surface area contributed by atoms with E-state index in [1.165, 1.54) is 5.01 Å². The first kappa shape index (κ1) is 16.4. The van der Waals surface area contributed by atoms with Crippen LogP contribution in [0.1, 0.15) is 33.6 Å². The van der Waals surface area contributed by atoms with Gasteiger partial charge in [-0.05, 0) is 33.6 Å². The van der Waals surface area contributed by atoms with Gasteiger partial charge in [0.1, 0.15) is 5.60 Å². The van der Waals surface area contributed by atoms with Gasteiger partial charge in [-0.3, -0.25) is 5.01 Å². The predicted molar refractivity (Wildman–Crippen MR) is 77.5 cm³/mol. The summed E-state index contributed by atoms with van der Waals surface area (Å²) in [4.78, 5) is 13.7. The van der Waals surface area contributed by atoms with E-state index in [0.29, 0.717) is 5.96 Å². The number of guanidine groups is 1. The number of amides is 1. The van der Waals surface area contributed by atoms with Crippen LogP contribution >= 0.6 is 0 Å². The Morgan fingerprint density at radius 2 is 1.95 bits per heavy atom. The van der Waals surface area contributed by atoms with E-state index in [-0.39, 0.29) is 12.1 Å². The van der Waals surface area contributed by atoms with Crippen LogP contribution in [-0.2, 0) is 4.74 Å². The highest BCUT2D eigenvalue weighted by Gasteiger charge is 2.25. The molecule has 1 fully saturated rings. The molecule has 116 valence electrons. The van der Waals surface area contributed by atoms with Gasteiger partial charge in [-0.15, -0.1) is 5.10 Å². The summed E-state index contributed by atoms with van der Waals surface area (Å²) in [5.74, 6) is 11.5. The molecule has 0 aromatic heterocycles. The van der Waals surface area contributed by atoms with Gasteiger partial charge in [-0.25, -0.2) is 10.6 Å². The fourth-order valence-electron chi connectivity index (χ4n) is 2.09. The lowest BCUT2D eigenvalue weighted by Crippen LogP contribution is -2.52. The highest BCUT2D eigenvalue weighted by atomic mass is 16.6. The third-order valence-electron chi connectivity index (χ3n) is 2.93. The van der Waals surface area contributed by atoms with E-state index < -0.39 is 5.60 Å². The SMILES string of the molecule is CN(N)/C(=N\N)N1CCC(NC(=O)OC(C)(C)C)CC1. The second kappa shape index (κ2) is 6.65. The van der Waals surface area contributed by atoms with Crippen molar-refractivity contribution in [3.05, 3.63) is 0 Å². The molecule has 1 rings (SSSR count). The number of carbonyl (C=O) groups excluding carboxylic acids is 1. The number of hydrazone groups is 1. The Morgan fingerprint density at radius 3 is 2.35 bits per heavy atom. The zero-order valence-electron chi connectivity index (χ0n) is 12.7. The molecule has 0 saturated carbocycles. The zero-order valence-corrected chi connectivity index (χ0v) is 12.7. The minimum atomic E-state index is -0.480. The number of alkyl carbamates (subject to hydrolysis) is 1. The monoisotopic (exact) mass is 286 g/mol. The van der Waals surface area contributed by atoms with Gasteiger partial charge in [0, 0.05) is 26.2 Å². The normalized spacial score (nSPS) is 17.9. The van der Waals surface area contributed by atoms with E-state index in [0.717, 1.165) is 25.9 Å². The lowest BCUT2D eigenvalue weighted by molar-refractivity contribution is 0.0487. The molecule has 0 aromatic rings. The first-order chi connectivity index (χ1) is 9.23. The molecule has 0 spiro atoms. The van der Waals surface area contributed by atoms with E-state index in [1.807, 2.05) is 25.7 Å². The molecule has 1 aliphatic heterocycles. The maximum atomic E-state index is 11.7. The van der Waals surface area contributed by atoms with Crippen LogP contribution in [-0.4, -0.2) is 53.7 Å². The van der Waals surface area contributed by atoms with Gasteiger partial charge < -0.3 is 20.8 Å². The summed E-state index contributed by atoms with van der Waals surface area (Å²) in [6, 6.07) is 0.100. The summed E-state index contributed by atoms with van der Waals surface area (Å²) >= 11 is 0. The van der Waals surface area contributed by atoms with Crippen molar-refractivity contribution in [1.29, 1.82) is 0 Å². The lowest BCUT2D eigenvalue weighted by Gasteiger charge is -2.35. The molecule has 0 radical (unpaired) electrons. The predicted octanol–water partition coefficient (Wildman–Crippen LogP) is 0.0107. The molecule has 5 N–H and O–H groups in total. The summed E-state index contributed by atoms with van der Waals surface area (Å²) < 4.78 is 5.24. The number of rotatable bonds is 1. The van der Waals surface area contributed by atoms with E-state index in [2.05, 4.69) is 10.4 Å². The molecular weight excluding hydrogens is 260 g/mol. The first-order valence-corrected chi connectivity index (χ1v) is 6.73. The fourth-order valence-corrected chi connectivity index (χ4v) is 2.09. The third-order valence-corrected chi connectivity index (χ3v) is 2.93. The van der Waals surface area contributed by atoms with Crippen LogP contribution in [0.15, 0.2) is 5.10 Å². The molecular formula is C12H26N6O2. The number of ether oxygens (including phenoxy) is 1. The zero-order chi connectivity index (χ0) is 15.3. The van der Waals surface area contributed by atoms with Gasteiger partial charge >= 0.3 is 6.09 Å². The average molecular weight is 286 g/mol. The second-order valence-electron chi connectivity index (χ2n) is 5.95. The molecule has 0 atom stereocenters. The highest BCUT2D eigenvalue weighted by molar-refractivity contribution is 5.79. The number of piperidine rings is 1. The van der Waals surface area contributed by atoms with Crippen molar-refractivity contribution in [3.8, 4) is 0 Å². The Hall–Kier alpha value is -1.70. The summed E-state index contributed by atoms with van der Waals surface area (Å²) in [6.07, 6.45) is 1.22. The summed E-state index contributed by atoms with van der Waals surface area (Å²) in [5, 5.41) is 7.95. The quantitative estimate of drug-likeness (QED) is 0.271. The van der Waals surface area contributed by atoms with Crippen LogP contribution in [0.5, 0.6) is 0 Å². The summed E-state index contributed by atoms with van der Waals surface area (Å²) in [5.41, 5.74) is -0.480. The topological polar surface area (TPSA) is 109 Å². The minimum Gasteiger partial charge on any atom is -0.444 e. The van der Waals surface area contributed by atoms with Gasteiger partial charge in [0.2, 0.25) is 5.96 Å². The molecule has 0 bridgehead atoms. The molecule has 1 aliphatic rings. The number of hydrogen-bond acceptors (Lipinski definition) is 5. The van der Waals surface area contributed by atoms with Crippen LogP contribution in [0.3, 0.4) is 0 Å². The Balaban J connectivity index is 2.41. The van der Waals surface area contributed by atoms with Crippen LogP contribution in [0.2, 0.25) is 0 Å². The molecule has 8 heteroatoms. The average Bonchev–Trinajstić information content (AvgIpc) is 2.29. The molecule has 0 aromatic carbocycles. The lowest BCUT2D eigenvalue weighted by atomic mass is 10.1. The molecule has 1 amide bonds. The van der Waals surface area contributed by atoms with Gasteiger partial charge in [0.05, 0.1) is 0 Å². The molecule has 1 saturated heterocycles. The van der Waals surface area contributed by atoms with Crippen molar-refractivity contribution < 1.29 is 9.53 Å². The molecule has 20 heavy (non-hydrogen) atoms. The van der Waals surface area contributed by atoms with Crippen LogP contribution < -0.4 is 17.0 Å². The van der Waals surface area contributed by atoms with E-state index in [4.69, 9.17) is 16.4 Å². The third kappa shape index (κ3) is 5.12. The summed E-state index contributed by atoms with van der Waals surface area (Å²) in [7, 11) is 1.69. The van der Waals surface area contributed by atoms with Crippen molar-refractivity contribution in [2.75, 3.05) is 20.1 Å². The molecule has 0 unspecified atom stereocenters. The van der Waals surface area contributed by atoms with Gasteiger partial charge in [-0.2, -0.15) is 0 Å². The second-order valence-corrected chi connectivity index (χ2v) is 5.95. The smallest absolute Gasteiger partial charge is 0.407 e. The van der Waals surface area contributed by atoms with Crippen molar-refractivity contribution >= 4 is 12.1 Å². The maximum Gasteiger partial charge on any atom is 0.407 e. The number of hydrazine groups is 1. The maximum absolute atomic E-state index is 11.7. The van der Waals surface area contributed by atoms with Gasteiger partial charge in [-0.1, -0.05) is 0 Å². The number of nitrogens with one attached hydrogen (secondary N) is 1. The molecule has 8 nitrogen and oxygen atoms in total. The van der Waals surface area contributed by atoms with E-state index >= 15 is 0 Å². The number of likely N-dealkylation sites (tertiary alicyclic amines) is 1. The van der Waals surface area contributed by atoms with Crippen molar-refractivity contribution in [1.82, 2.24) is 15.2 Å². The highest BCUT2D eigenvalue weighted by Crippen LogP contribution is 2.13. The number of hydrogen-bond donors (Lipinski definition) is 3. The number of carbonyl (C=O) groups is 1. The Bertz CT molecular complexity index is 355. The van der Waals surface area contributed by atoms with Crippen molar-refractivity contribution in [2.24, 2.45) is 16.8 Å². The van der Waals surface area contributed by atoms with E-state index in [1.54, 1.807) is 7.05 Å². The minimum absolute atomic E-state index is 0.100. The fraction of sp³-hybridized carbons (Fsp3) is 0.833. The van der Waals surface area contributed by atoms with E-state index in [9.17, 15) is 4.79 Å². The van der Waals surface area contributed by atoms with Crippen LogP contribution in [0.25, 0.3) is 0 Å². The number of nitrogens with zero attached hydrogens (tertiary/aromatic N) is 3. The Kier molecular flexibility index (Phi) is 5.43. The standard InChI is InChI=1S/C12H26N6O2/c1-12(2,3)20-11(19)15-9-5-7-18(8-6-9)10(16-13)17(4)14/h9H,5-8,13-14H2,1-4H3,(H,15,19)/b16-10+. The van der Waals surface area contributed by atoms with Gasteiger partial charge in [0.15, 0.2) is 0 Å². The first-order valence-electron chi connectivity index (χ1n) is 6.73. The van der Waals surface area contributed by atoms with Crippen LogP contribution in [0, 0.1) is 0 Å². The van der Waals surface area contributed by atoms with Crippen molar-refractivity contribution in [3.63, 3.8) is 0 Å². The largest absolute Gasteiger partial charge is 0.444 e. The number of nitrogens with two attached hydrogens (primary N) is 2. The summed E-state index contributed by atoms with van der Waals surface area (Å²) in [6.45, 7) is 7.00.